The second-order valence-corrected chi connectivity index (χ2v) is 4.94. The van der Waals surface area contributed by atoms with Crippen molar-refractivity contribution < 1.29 is 9.59 Å². The molecule has 0 saturated heterocycles. The molecule has 2 aromatic rings. The molecular weight excluding hydrogens is 276 g/mol. The maximum absolute atomic E-state index is 12.6. The second-order valence-electron chi connectivity index (χ2n) is 4.94. The summed E-state index contributed by atoms with van der Waals surface area (Å²) in [5.41, 5.74) is 3.92. The van der Waals surface area contributed by atoms with E-state index in [0.29, 0.717) is 17.7 Å². The van der Waals surface area contributed by atoms with E-state index in [0.717, 1.165) is 17.9 Å². The Kier molecular flexibility index (Phi) is 5.86. The first-order valence-electron chi connectivity index (χ1n) is 7.46. The lowest BCUT2D eigenvalue weighted by Gasteiger charge is -2.21. The van der Waals surface area contributed by atoms with Gasteiger partial charge in [0.15, 0.2) is 0 Å². The Morgan fingerprint density at radius 2 is 1.32 bits per heavy atom. The Morgan fingerprint density at radius 3 is 1.73 bits per heavy atom. The number of carbonyl (C=O) groups is 2. The lowest BCUT2D eigenvalue weighted by Crippen LogP contribution is -2.47. The molecule has 0 aliphatic rings. The number of benzene rings is 2. The van der Waals surface area contributed by atoms with Crippen molar-refractivity contribution in [1.82, 2.24) is 10.4 Å². The van der Waals surface area contributed by atoms with Crippen molar-refractivity contribution in [3.63, 3.8) is 0 Å². The zero-order valence-corrected chi connectivity index (χ0v) is 12.7. The van der Waals surface area contributed by atoms with Crippen LogP contribution in [-0.2, 0) is 0 Å². The number of nitrogens with one attached hydrogen (secondary N) is 1. The Labute approximate surface area is 130 Å². The van der Waals surface area contributed by atoms with Gasteiger partial charge in [0, 0.05) is 17.7 Å². The van der Waals surface area contributed by atoms with E-state index in [-0.39, 0.29) is 11.8 Å². The molecule has 0 atom stereocenters. The molecule has 2 amide bonds. The number of rotatable bonds is 6. The van der Waals surface area contributed by atoms with Crippen LogP contribution in [0.3, 0.4) is 0 Å². The van der Waals surface area contributed by atoms with E-state index in [9.17, 15) is 9.59 Å². The summed E-state index contributed by atoms with van der Waals surface area (Å²) in [6.07, 6.45) is 1.88. The first-order chi connectivity index (χ1) is 10.7. The summed E-state index contributed by atoms with van der Waals surface area (Å²) in [6, 6.07) is 17.6. The summed E-state index contributed by atoms with van der Waals surface area (Å²) in [5.74, 6) is -0.684. The first kappa shape index (κ1) is 15.9. The molecule has 1 N–H and O–H groups in total. The lowest BCUT2D eigenvalue weighted by atomic mass is 10.1. The van der Waals surface area contributed by atoms with E-state index < -0.39 is 0 Å². The highest BCUT2D eigenvalue weighted by Gasteiger charge is 2.23. The van der Waals surface area contributed by atoms with Crippen LogP contribution in [0.15, 0.2) is 60.7 Å². The molecule has 0 bridgehead atoms. The SMILES string of the molecule is CCCCNN(C(=O)c1ccccc1)C(=O)c1ccccc1. The number of imide groups is 1. The van der Waals surface area contributed by atoms with E-state index in [4.69, 9.17) is 0 Å². The van der Waals surface area contributed by atoms with E-state index in [1.807, 2.05) is 12.1 Å². The molecule has 0 radical (unpaired) electrons. The van der Waals surface area contributed by atoms with Crippen LogP contribution < -0.4 is 5.43 Å². The van der Waals surface area contributed by atoms with Gasteiger partial charge in [-0.3, -0.25) is 9.59 Å². The van der Waals surface area contributed by atoms with Crippen LogP contribution >= 0.6 is 0 Å². The second kappa shape index (κ2) is 8.10. The zero-order chi connectivity index (χ0) is 15.8. The molecule has 114 valence electrons. The van der Waals surface area contributed by atoms with Gasteiger partial charge in [-0.25, -0.2) is 10.4 Å². The Morgan fingerprint density at radius 1 is 0.864 bits per heavy atom. The average Bonchev–Trinajstić information content (AvgIpc) is 2.59. The van der Waals surface area contributed by atoms with E-state index in [1.165, 1.54) is 0 Å². The third kappa shape index (κ3) is 4.02. The largest absolute Gasteiger partial charge is 0.275 e. The number of nitrogens with zero attached hydrogens (tertiary/aromatic N) is 1. The van der Waals surface area contributed by atoms with Gasteiger partial charge in [0.25, 0.3) is 11.8 Å². The van der Waals surface area contributed by atoms with Crippen molar-refractivity contribution in [2.75, 3.05) is 6.54 Å². The summed E-state index contributed by atoms with van der Waals surface area (Å²) in [7, 11) is 0. The van der Waals surface area contributed by atoms with Crippen molar-refractivity contribution in [2.24, 2.45) is 0 Å². The summed E-state index contributed by atoms with van der Waals surface area (Å²) in [6.45, 7) is 2.64. The summed E-state index contributed by atoms with van der Waals surface area (Å²) in [4.78, 5) is 25.2. The van der Waals surface area contributed by atoms with Crippen LogP contribution in [0.2, 0.25) is 0 Å². The molecular formula is C18H20N2O2. The fourth-order valence-corrected chi connectivity index (χ4v) is 2.02. The number of amides is 2. The number of hydrazine groups is 1. The number of hydrogen-bond donors (Lipinski definition) is 1. The molecule has 0 fully saturated rings. The first-order valence-corrected chi connectivity index (χ1v) is 7.46. The average molecular weight is 296 g/mol. The van der Waals surface area contributed by atoms with Crippen molar-refractivity contribution in [1.29, 1.82) is 0 Å². The number of carbonyl (C=O) groups excluding carboxylic acids is 2. The lowest BCUT2D eigenvalue weighted by molar-refractivity contribution is 0.0526. The Hall–Kier alpha value is -2.46. The smallest absolute Gasteiger partial charge is 0.267 e. The van der Waals surface area contributed by atoms with Crippen LogP contribution in [0.25, 0.3) is 0 Å². The van der Waals surface area contributed by atoms with Gasteiger partial charge in [-0.1, -0.05) is 49.7 Å². The Balaban J connectivity index is 2.22. The van der Waals surface area contributed by atoms with Crippen molar-refractivity contribution in [2.45, 2.75) is 19.8 Å². The number of unbranched alkanes of at least 4 members (excludes halogenated alkanes) is 1. The standard InChI is InChI=1S/C18H20N2O2/c1-2-3-14-19-20(17(21)15-10-6-4-7-11-15)18(22)16-12-8-5-9-13-16/h4-13,19H,2-3,14H2,1H3. The minimum absolute atomic E-state index is 0.342. The highest BCUT2D eigenvalue weighted by molar-refractivity contribution is 6.09. The maximum atomic E-state index is 12.6. The highest BCUT2D eigenvalue weighted by Crippen LogP contribution is 2.08. The molecule has 0 unspecified atom stereocenters. The normalized spacial score (nSPS) is 10.2. The van der Waals surface area contributed by atoms with Gasteiger partial charge in [0.05, 0.1) is 0 Å². The molecule has 0 saturated carbocycles. The van der Waals surface area contributed by atoms with Gasteiger partial charge in [0.1, 0.15) is 0 Å². The van der Waals surface area contributed by atoms with Gasteiger partial charge >= 0.3 is 0 Å². The van der Waals surface area contributed by atoms with Crippen molar-refractivity contribution in [3.8, 4) is 0 Å². The van der Waals surface area contributed by atoms with Crippen LogP contribution in [0.1, 0.15) is 40.5 Å². The molecule has 2 rings (SSSR count). The summed E-state index contributed by atoms with van der Waals surface area (Å²) in [5, 5.41) is 1.11. The molecule has 2 aromatic carbocycles. The zero-order valence-electron chi connectivity index (χ0n) is 12.7. The van der Waals surface area contributed by atoms with Gasteiger partial charge in [-0.2, -0.15) is 0 Å². The predicted octanol–water partition coefficient (Wildman–Crippen LogP) is 3.27. The maximum Gasteiger partial charge on any atom is 0.275 e. The monoisotopic (exact) mass is 296 g/mol. The van der Waals surface area contributed by atoms with Crippen LogP contribution in [0, 0.1) is 0 Å². The molecule has 0 aromatic heterocycles. The predicted molar refractivity (Wildman–Crippen MR) is 86.3 cm³/mol. The quantitative estimate of drug-likeness (QED) is 0.505. The van der Waals surface area contributed by atoms with E-state index >= 15 is 0 Å². The molecule has 0 aliphatic carbocycles. The minimum Gasteiger partial charge on any atom is -0.267 e. The van der Waals surface area contributed by atoms with Gasteiger partial charge in [-0.15, -0.1) is 0 Å². The van der Waals surface area contributed by atoms with Gasteiger partial charge < -0.3 is 0 Å². The molecule has 4 heteroatoms. The van der Waals surface area contributed by atoms with Gasteiger partial charge in [0.2, 0.25) is 0 Å². The van der Waals surface area contributed by atoms with Gasteiger partial charge in [-0.05, 0) is 30.7 Å². The van der Waals surface area contributed by atoms with E-state index in [1.54, 1.807) is 48.5 Å². The Bertz CT molecular complexity index is 560. The fourth-order valence-electron chi connectivity index (χ4n) is 2.02. The molecule has 22 heavy (non-hydrogen) atoms. The number of hydrogen-bond acceptors (Lipinski definition) is 3. The van der Waals surface area contributed by atoms with Crippen LogP contribution in [0.4, 0.5) is 0 Å². The summed E-state index contributed by atoms with van der Waals surface area (Å²) < 4.78 is 0. The highest BCUT2D eigenvalue weighted by atomic mass is 16.2. The molecule has 0 heterocycles. The van der Waals surface area contributed by atoms with Crippen molar-refractivity contribution in [3.05, 3.63) is 71.8 Å². The third-order valence-corrected chi connectivity index (χ3v) is 3.25. The molecule has 0 spiro atoms. The van der Waals surface area contributed by atoms with Crippen LogP contribution in [-0.4, -0.2) is 23.4 Å². The molecule has 4 nitrogen and oxygen atoms in total. The van der Waals surface area contributed by atoms with Crippen LogP contribution in [0.5, 0.6) is 0 Å². The van der Waals surface area contributed by atoms with E-state index in [2.05, 4.69) is 12.3 Å². The minimum atomic E-state index is -0.342. The van der Waals surface area contributed by atoms with Crippen molar-refractivity contribution >= 4 is 11.8 Å². The topological polar surface area (TPSA) is 49.4 Å². The third-order valence-electron chi connectivity index (χ3n) is 3.25. The molecule has 0 aliphatic heterocycles. The summed E-state index contributed by atoms with van der Waals surface area (Å²) >= 11 is 0. The fraction of sp³-hybridized carbons (Fsp3) is 0.222.